The second-order valence-corrected chi connectivity index (χ2v) is 3.93. The zero-order chi connectivity index (χ0) is 12.0. The summed E-state index contributed by atoms with van der Waals surface area (Å²) in [5, 5.41) is 0. The van der Waals surface area contributed by atoms with Gasteiger partial charge in [-0.05, 0) is 0 Å². The van der Waals surface area contributed by atoms with Crippen LogP contribution in [0.3, 0.4) is 0 Å². The molecule has 0 atom stereocenters. The molecule has 6 heteroatoms. The molecule has 0 aliphatic rings. The topological polar surface area (TPSA) is 0 Å². The molecular weight excluding hydrogens is 217 g/mol. The van der Waals surface area contributed by atoms with Gasteiger partial charge in [-0.1, -0.05) is 0 Å². The van der Waals surface area contributed by atoms with Crippen LogP contribution in [0.15, 0.2) is 0 Å². The molecule has 1 aromatic carbocycles. The first-order chi connectivity index (χ1) is 6.68. The number of nitrogens with zero attached hydrogens (tertiary/aromatic N) is 1. The molecule has 0 unspecified atom stereocenters. The fourth-order valence-corrected chi connectivity index (χ4v) is 1.18. The van der Waals surface area contributed by atoms with Gasteiger partial charge in [0.1, 0.15) is 0 Å². The predicted octanol–water partition coefficient (Wildman–Crippen LogP) is 2.58. The van der Waals surface area contributed by atoms with Crippen molar-refractivity contribution in [3.05, 3.63) is 29.1 Å². The fourth-order valence-electron chi connectivity index (χ4n) is 1.18. The summed E-state index contributed by atoms with van der Waals surface area (Å²) in [6.07, 6.45) is 0. The standard InChI is InChI=1S/C9H9F5N/c1-15(2,3)9-7(13)5(11)4(10)6(12)8(9)14/h1-3H3/q+1. The molecule has 0 saturated heterocycles. The molecule has 0 spiro atoms. The molecule has 0 amide bonds. The molecular formula is C9H9F5N+. The van der Waals surface area contributed by atoms with Gasteiger partial charge in [0.15, 0.2) is 0 Å². The van der Waals surface area contributed by atoms with Crippen LogP contribution in [0, 0.1) is 29.1 Å². The Balaban J connectivity index is 3.68. The number of rotatable bonds is 1. The zero-order valence-corrected chi connectivity index (χ0v) is 8.34. The molecule has 0 heterocycles. The molecule has 1 nitrogen and oxygen atoms in total. The highest BCUT2D eigenvalue weighted by Gasteiger charge is 2.33. The van der Waals surface area contributed by atoms with E-state index >= 15 is 0 Å². The van der Waals surface area contributed by atoms with E-state index in [1.54, 1.807) is 0 Å². The van der Waals surface area contributed by atoms with Gasteiger partial charge in [-0.3, -0.25) is 4.48 Å². The smallest absolute Gasteiger partial charge is 0.225 e. The molecule has 1 rings (SSSR count). The van der Waals surface area contributed by atoms with E-state index in [1.807, 2.05) is 0 Å². The van der Waals surface area contributed by atoms with E-state index in [9.17, 15) is 22.0 Å². The summed E-state index contributed by atoms with van der Waals surface area (Å²) >= 11 is 0. The minimum absolute atomic E-state index is 0.494. The van der Waals surface area contributed by atoms with Crippen molar-refractivity contribution in [2.75, 3.05) is 21.1 Å². The summed E-state index contributed by atoms with van der Waals surface area (Å²) < 4.78 is 64.0. The lowest BCUT2D eigenvalue weighted by molar-refractivity contribution is 0.349. The quantitative estimate of drug-likeness (QED) is 0.299. The van der Waals surface area contributed by atoms with Gasteiger partial charge in [0, 0.05) is 0 Å². The van der Waals surface area contributed by atoms with Gasteiger partial charge in [0.05, 0.1) is 21.1 Å². The fraction of sp³-hybridized carbons (Fsp3) is 0.333. The minimum Gasteiger partial charge on any atom is -0.293 e. The number of halogens is 5. The highest BCUT2D eigenvalue weighted by molar-refractivity contribution is 5.45. The third-order valence-electron chi connectivity index (χ3n) is 1.86. The van der Waals surface area contributed by atoms with Crippen LogP contribution in [0.4, 0.5) is 27.6 Å². The maximum absolute atomic E-state index is 13.2. The Morgan fingerprint density at radius 1 is 0.600 bits per heavy atom. The average Bonchev–Trinajstić information content (AvgIpc) is 2.09. The van der Waals surface area contributed by atoms with Gasteiger partial charge in [-0.15, -0.1) is 0 Å². The maximum Gasteiger partial charge on any atom is 0.225 e. The second kappa shape index (κ2) is 3.44. The van der Waals surface area contributed by atoms with Crippen molar-refractivity contribution < 1.29 is 22.0 Å². The van der Waals surface area contributed by atoms with Crippen molar-refractivity contribution in [1.29, 1.82) is 0 Å². The van der Waals surface area contributed by atoms with Gasteiger partial charge in [-0.2, -0.15) is 8.78 Å². The number of hydrogen-bond acceptors (Lipinski definition) is 0. The Morgan fingerprint density at radius 2 is 0.867 bits per heavy atom. The van der Waals surface area contributed by atoms with Crippen LogP contribution < -0.4 is 4.48 Å². The molecule has 1 aromatic rings. The van der Waals surface area contributed by atoms with Crippen LogP contribution in [-0.2, 0) is 0 Å². The Hall–Kier alpha value is -1.17. The second-order valence-electron chi connectivity index (χ2n) is 3.93. The summed E-state index contributed by atoms with van der Waals surface area (Å²) in [7, 11) is 3.91. The van der Waals surface area contributed by atoms with Crippen LogP contribution in [0.1, 0.15) is 0 Å². The number of hydrogen-bond donors (Lipinski definition) is 0. The minimum atomic E-state index is -2.14. The van der Waals surface area contributed by atoms with E-state index in [4.69, 9.17) is 0 Å². The molecule has 0 bridgehead atoms. The van der Waals surface area contributed by atoms with E-state index in [-0.39, 0.29) is 0 Å². The van der Waals surface area contributed by atoms with Gasteiger partial charge in [0.25, 0.3) is 0 Å². The highest BCUT2D eigenvalue weighted by atomic mass is 19.2. The van der Waals surface area contributed by atoms with E-state index in [2.05, 4.69) is 0 Å². The molecule has 0 saturated carbocycles. The first-order valence-electron chi connectivity index (χ1n) is 4.01. The van der Waals surface area contributed by atoms with Crippen molar-refractivity contribution >= 4 is 5.69 Å². The van der Waals surface area contributed by atoms with Crippen molar-refractivity contribution in [2.45, 2.75) is 0 Å². The van der Waals surface area contributed by atoms with E-state index in [0.717, 1.165) is 0 Å². The summed E-state index contributed by atoms with van der Waals surface area (Å²) in [4.78, 5) is 0. The molecule has 0 N–H and O–H groups in total. The molecule has 84 valence electrons. The van der Waals surface area contributed by atoms with Crippen molar-refractivity contribution in [3.63, 3.8) is 0 Å². The van der Waals surface area contributed by atoms with Crippen LogP contribution in [0.25, 0.3) is 0 Å². The maximum atomic E-state index is 13.2. The molecule has 15 heavy (non-hydrogen) atoms. The molecule has 0 fully saturated rings. The average molecular weight is 226 g/mol. The van der Waals surface area contributed by atoms with E-state index in [0.29, 0.717) is 0 Å². The Kier molecular flexibility index (Phi) is 2.73. The van der Waals surface area contributed by atoms with Crippen molar-refractivity contribution in [2.24, 2.45) is 0 Å². The van der Waals surface area contributed by atoms with Crippen molar-refractivity contribution in [1.82, 2.24) is 4.48 Å². The first kappa shape index (κ1) is 11.9. The van der Waals surface area contributed by atoms with Crippen LogP contribution >= 0.6 is 0 Å². The Bertz CT molecular complexity index is 379. The normalized spacial score (nSPS) is 12.0. The lowest BCUT2D eigenvalue weighted by Crippen LogP contribution is -2.37. The summed E-state index contributed by atoms with van der Waals surface area (Å²) in [5.74, 6) is -9.56. The zero-order valence-electron chi connectivity index (χ0n) is 8.34. The largest absolute Gasteiger partial charge is 0.293 e. The van der Waals surface area contributed by atoms with E-state index in [1.165, 1.54) is 21.1 Å². The molecule has 0 aliphatic heterocycles. The van der Waals surface area contributed by atoms with Gasteiger partial charge < -0.3 is 0 Å². The first-order valence-corrected chi connectivity index (χ1v) is 4.01. The molecule has 0 radical (unpaired) electrons. The summed E-state index contributed by atoms with van der Waals surface area (Å²) in [6, 6.07) is 0. The summed E-state index contributed by atoms with van der Waals surface area (Å²) in [5.41, 5.74) is -0.855. The third kappa shape index (κ3) is 1.81. The highest BCUT2D eigenvalue weighted by Crippen LogP contribution is 2.31. The third-order valence-corrected chi connectivity index (χ3v) is 1.86. The van der Waals surface area contributed by atoms with Crippen LogP contribution in [0.5, 0.6) is 0 Å². The van der Waals surface area contributed by atoms with E-state index < -0.39 is 39.3 Å². The molecule has 0 aliphatic carbocycles. The van der Waals surface area contributed by atoms with Gasteiger partial charge in [-0.25, -0.2) is 13.2 Å². The number of quaternary nitrogens is 1. The monoisotopic (exact) mass is 226 g/mol. The predicted molar refractivity (Wildman–Crippen MR) is 45.8 cm³/mol. The molecule has 0 aromatic heterocycles. The summed E-state index contributed by atoms with van der Waals surface area (Å²) in [6.45, 7) is 0. The lowest BCUT2D eigenvalue weighted by atomic mass is 10.2. The lowest BCUT2D eigenvalue weighted by Gasteiger charge is -2.24. The van der Waals surface area contributed by atoms with Crippen LogP contribution in [-0.4, -0.2) is 21.1 Å². The Morgan fingerprint density at radius 3 is 1.13 bits per heavy atom. The van der Waals surface area contributed by atoms with Crippen molar-refractivity contribution in [3.8, 4) is 0 Å². The van der Waals surface area contributed by atoms with Gasteiger partial charge in [0.2, 0.25) is 34.8 Å². The Labute approximate surface area is 83.3 Å². The van der Waals surface area contributed by atoms with Crippen LogP contribution in [0.2, 0.25) is 0 Å². The number of benzene rings is 1. The SMILES string of the molecule is C[N+](C)(C)c1c(F)c(F)c(F)c(F)c1F. The van der Waals surface area contributed by atoms with Gasteiger partial charge >= 0.3 is 0 Å².